The topological polar surface area (TPSA) is 75.4 Å². The van der Waals surface area contributed by atoms with Crippen LogP contribution in [0.15, 0.2) is 57.0 Å². The lowest BCUT2D eigenvalue weighted by Gasteiger charge is -2.08. The van der Waals surface area contributed by atoms with Crippen LogP contribution in [-0.2, 0) is 4.79 Å². The molecular weight excluding hydrogens is 326 g/mol. The first-order chi connectivity index (χ1) is 11.6. The second kappa shape index (κ2) is 6.80. The molecule has 1 aromatic heterocycles. The number of carboxylic acids is 1. The fraction of sp³-hybridized carbons (Fsp3) is 0.111. The van der Waals surface area contributed by atoms with E-state index in [1.807, 2.05) is 31.2 Å². The Morgan fingerprint density at radius 3 is 2.79 bits per heavy atom. The van der Waals surface area contributed by atoms with Gasteiger partial charge in [0.1, 0.15) is 11.3 Å². The van der Waals surface area contributed by atoms with Gasteiger partial charge in [0.25, 0.3) is 5.22 Å². The summed E-state index contributed by atoms with van der Waals surface area (Å²) in [6.45, 7) is 1.92. The molecule has 2 aromatic carbocycles. The van der Waals surface area contributed by atoms with E-state index in [2.05, 4.69) is 4.98 Å². The summed E-state index contributed by atoms with van der Waals surface area (Å²) in [7, 11) is 1.57. The number of ether oxygens (including phenoxy) is 1. The fourth-order valence-corrected chi connectivity index (χ4v) is 2.94. The third-order valence-corrected chi connectivity index (χ3v) is 4.26. The largest absolute Gasteiger partial charge is 0.544 e. The van der Waals surface area contributed by atoms with Gasteiger partial charge in [-0.05, 0) is 54.1 Å². The minimum absolute atomic E-state index is 0.00691. The van der Waals surface area contributed by atoms with Crippen molar-refractivity contribution < 1.29 is 19.1 Å². The van der Waals surface area contributed by atoms with Crippen molar-refractivity contribution in [3.8, 4) is 5.75 Å². The number of thioether (sulfide) groups is 1. The molecule has 3 aromatic rings. The highest BCUT2D eigenvalue weighted by atomic mass is 32.2. The van der Waals surface area contributed by atoms with E-state index < -0.39 is 5.97 Å². The molecular formula is C18H14NO4S-. The summed E-state index contributed by atoms with van der Waals surface area (Å²) in [5.74, 6) is -0.602. The molecule has 0 bridgehead atoms. The molecule has 24 heavy (non-hydrogen) atoms. The van der Waals surface area contributed by atoms with Gasteiger partial charge in [-0.1, -0.05) is 24.3 Å². The van der Waals surface area contributed by atoms with Crippen molar-refractivity contribution in [3.05, 3.63) is 58.5 Å². The van der Waals surface area contributed by atoms with Crippen LogP contribution in [0.4, 0.5) is 0 Å². The molecule has 0 amide bonds. The van der Waals surface area contributed by atoms with E-state index in [4.69, 9.17) is 9.15 Å². The van der Waals surface area contributed by atoms with Crippen LogP contribution in [0.2, 0.25) is 0 Å². The predicted molar refractivity (Wildman–Crippen MR) is 90.6 cm³/mol. The molecule has 6 heteroatoms. The first-order valence-corrected chi connectivity index (χ1v) is 7.99. The average molecular weight is 340 g/mol. The van der Waals surface area contributed by atoms with Crippen molar-refractivity contribution in [2.45, 2.75) is 12.1 Å². The summed E-state index contributed by atoms with van der Waals surface area (Å²) in [6.07, 6.45) is 1.51. The molecule has 0 fully saturated rings. The second-order valence-corrected chi connectivity index (χ2v) is 6.07. The molecule has 122 valence electrons. The Kier molecular flexibility index (Phi) is 4.57. The molecule has 0 radical (unpaired) electrons. The number of rotatable bonds is 5. The number of nitrogens with zero attached hydrogens (tertiary/aromatic N) is 1. The minimum atomic E-state index is -1.29. The van der Waals surface area contributed by atoms with Crippen LogP contribution in [0, 0.1) is 6.92 Å². The number of hydrogen-bond donors (Lipinski definition) is 0. The lowest BCUT2D eigenvalue weighted by molar-refractivity contribution is -0.298. The molecule has 1 heterocycles. The quantitative estimate of drug-likeness (QED) is 0.525. The van der Waals surface area contributed by atoms with Gasteiger partial charge in [0.05, 0.1) is 13.1 Å². The molecule has 0 aliphatic rings. The molecule has 0 saturated heterocycles. The van der Waals surface area contributed by atoms with Gasteiger partial charge >= 0.3 is 0 Å². The van der Waals surface area contributed by atoms with E-state index >= 15 is 0 Å². The summed E-state index contributed by atoms with van der Waals surface area (Å²) < 4.78 is 10.8. The van der Waals surface area contributed by atoms with Crippen molar-refractivity contribution in [3.63, 3.8) is 0 Å². The zero-order chi connectivity index (χ0) is 17.1. The van der Waals surface area contributed by atoms with Crippen LogP contribution in [0.3, 0.4) is 0 Å². The lowest BCUT2D eigenvalue weighted by atomic mass is 10.1. The number of oxazole rings is 1. The second-order valence-electron chi connectivity index (χ2n) is 5.07. The normalized spacial score (nSPS) is 11.7. The molecule has 0 N–H and O–H groups in total. The molecule has 0 unspecified atom stereocenters. The van der Waals surface area contributed by atoms with Crippen LogP contribution >= 0.6 is 11.8 Å². The maximum atomic E-state index is 11.4. The van der Waals surface area contributed by atoms with Crippen molar-refractivity contribution in [2.75, 3.05) is 7.11 Å². The van der Waals surface area contributed by atoms with Gasteiger partial charge in [-0.2, -0.15) is 0 Å². The van der Waals surface area contributed by atoms with E-state index in [0.717, 1.165) is 17.3 Å². The highest BCUT2D eigenvalue weighted by Gasteiger charge is 2.10. The van der Waals surface area contributed by atoms with Crippen molar-refractivity contribution in [1.82, 2.24) is 4.98 Å². The maximum Gasteiger partial charge on any atom is 0.261 e. The summed E-state index contributed by atoms with van der Waals surface area (Å²) in [5, 5.41) is 11.7. The van der Waals surface area contributed by atoms with Crippen molar-refractivity contribution >= 4 is 34.9 Å². The van der Waals surface area contributed by atoms with Gasteiger partial charge in [0.15, 0.2) is 5.58 Å². The molecule has 0 atom stereocenters. The molecule has 0 saturated carbocycles. The van der Waals surface area contributed by atoms with Crippen LogP contribution in [0.5, 0.6) is 5.75 Å². The zero-order valence-corrected chi connectivity index (χ0v) is 13.9. The highest BCUT2D eigenvalue weighted by molar-refractivity contribution is 8.03. The van der Waals surface area contributed by atoms with Gasteiger partial charge in [-0.3, -0.25) is 0 Å². The number of para-hydroxylation sites is 2. The van der Waals surface area contributed by atoms with Crippen molar-refractivity contribution in [2.24, 2.45) is 0 Å². The Morgan fingerprint density at radius 2 is 2.08 bits per heavy atom. The van der Waals surface area contributed by atoms with Gasteiger partial charge in [-0.15, -0.1) is 0 Å². The molecule has 5 nitrogen and oxygen atoms in total. The Labute approximate surface area is 143 Å². The Hall–Kier alpha value is -2.73. The Balaban J connectivity index is 1.93. The van der Waals surface area contributed by atoms with E-state index in [-0.39, 0.29) is 10.1 Å². The molecule has 0 aliphatic carbocycles. The number of aliphatic carboxylic acids is 1. The number of aromatic nitrogens is 1. The standard InChI is InChI=1S/C18H15NO4S/c1-11-7-8-12(9-15(11)22-2)10-16(17(20)21)24-18-19-13-5-3-4-6-14(13)23-18/h3-10H,1-2H3,(H,20,21)/p-1/b16-10+. The molecule has 0 spiro atoms. The number of carboxylic acid groups (broad SMARTS) is 1. The number of carbonyl (C=O) groups excluding carboxylic acids is 1. The number of fused-ring (bicyclic) bond motifs is 1. The Bertz CT molecular complexity index is 897. The van der Waals surface area contributed by atoms with Crippen LogP contribution in [-0.4, -0.2) is 18.1 Å². The molecule has 0 aliphatic heterocycles. The smallest absolute Gasteiger partial charge is 0.261 e. The monoisotopic (exact) mass is 340 g/mol. The van der Waals surface area contributed by atoms with Crippen LogP contribution in [0.25, 0.3) is 17.2 Å². The third-order valence-electron chi connectivity index (χ3n) is 3.40. The van der Waals surface area contributed by atoms with Gasteiger partial charge < -0.3 is 19.1 Å². The van der Waals surface area contributed by atoms with Crippen LogP contribution in [0.1, 0.15) is 11.1 Å². The average Bonchev–Trinajstić information content (AvgIpc) is 2.98. The summed E-state index contributed by atoms with van der Waals surface area (Å²) in [5.41, 5.74) is 2.95. The number of aryl methyl sites for hydroxylation is 1. The summed E-state index contributed by atoms with van der Waals surface area (Å²) in [4.78, 5) is 15.7. The SMILES string of the molecule is COc1cc(/C=C(/Sc2nc3ccccc3o2)C(=O)[O-])ccc1C. The van der Waals surface area contributed by atoms with E-state index in [9.17, 15) is 9.90 Å². The van der Waals surface area contributed by atoms with Gasteiger partial charge in [0, 0.05) is 4.91 Å². The summed E-state index contributed by atoms with van der Waals surface area (Å²) >= 11 is 0.916. The number of carbonyl (C=O) groups is 1. The number of benzene rings is 2. The third kappa shape index (κ3) is 3.44. The summed E-state index contributed by atoms with van der Waals surface area (Å²) in [6, 6.07) is 12.7. The molecule has 3 rings (SSSR count). The highest BCUT2D eigenvalue weighted by Crippen LogP contribution is 2.31. The van der Waals surface area contributed by atoms with Crippen LogP contribution < -0.4 is 9.84 Å². The van der Waals surface area contributed by atoms with E-state index in [1.54, 1.807) is 25.3 Å². The van der Waals surface area contributed by atoms with Crippen molar-refractivity contribution in [1.29, 1.82) is 0 Å². The number of hydrogen-bond acceptors (Lipinski definition) is 6. The maximum absolute atomic E-state index is 11.4. The first-order valence-electron chi connectivity index (χ1n) is 7.18. The number of methoxy groups -OCH3 is 1. The fourth-order valence-electron chi connectivity index (χ4n) is 2.20. The van der Waals surface area contributed by atoms with Gasteiger partial charge in [0.2, 0.25) is 0 Å². The van der Waals surface area contributed by atoms with E-state index in [0.29, 0.717) is 22.4 Å². The zero-order valence-electron chi connectivity index (χ0n) is 13.1. The Morgan fingerprint density at radius 1 is 1.29 bits per heavy atom. The lowest BCUT2D eigenvalue weighted by Crippen LogP contribution is -2.23. The van der Waals surface area contributed by atoms with Gasteiger partial charge in [-0.25, -0.2) is 4.98 Å². The predicted octanol–water partition coefficient (Wildman–Crippen LogP) is 3.03. The first kappa shape index (κ1) is 16.1. The minimum Gasteiger partial charge on any atom is -0.544 e. The van der Waals surface area contributed by atoms with E-state index in [1.165, 1.54) is 6.08 Å².